The Kier molecular flexibility index (Phi) is 7.75. The molecule has 5 nitrogen and oxygen atoms in total. The van der Waals surface area contributed by atoms with Gasteiger partial charge in [-0.3, -0.25) is 10.1 Å². The van der Waals surface area contributed by atoms with Crippen LogP contribution >= 0.6 is 11.6 Å². The van der Waals surface area contributed by atoms with Crippen molar-refractivity contribution < 1.29 is 14.3 Å². The van der Waals surface area contributed by atoms with Crippen molar-refractivity contribution in [2.24, 2.45) is 5.41 Å². The van der Waals surface area contributed by atoms with E-state index in [1.807, 2.05) is 42.5 Å². The smallest absolute Gasteiger partial charge is 0.411 e. The van der Waals surface area contributed by atoms with Crippen LogP contribution in [0.1, 0.15) is 50.2 Å². The largest absolute Gasteiger partial charge is 0.448 e. The van der Waals surface area contributed by atoms with Gasteiger partial charge in [-0.15, -0.1) is 0 Å². The van der Waals surface area contributed by atoms with E-state index in [2.05, 4.69) is 17.6 Å². The summed E-state index contributed by atoms with van der Waals surface area (Å²) in [5.74, 6) is -0.0813. The van der Waals surface area contributed by atoms with Gasteiger partial charge >= 0.3 is 6.09 Å². The highest BCUT2D eigenvalue weighted by Crippen LogP contribution is 2.37. The summed E-state index contributed by atoms with van der Waals surface area (Å²) in [6.45, 7) is 2.51. The number of nitrogens with one attached hydrogen (secondary N) is 2. The second-order valence-electron chi connectivity index (χ2n) is 7.87. The van der Waals surface area contributed by atoms with E-state index in [9.17, 15) is 9.59 Å². The number of aryl methyl sites for hydroxylation is 1. The first-order valence-corrected chi connectivity index (χ1v) is 10.9. The molecule has 0 spiro atoms. The van der Waals surface area contributed by atoms with Gasteiger partial charge in [0.25, 0.3) is 0 Å². The Bertz CT molecular complexity index is 861. The van der Waals surface area contributed by atoms with Crippen LogP contribution in [0.3, 0.4) is 0 Å². The van der Waals surface area contributed by atoms with E-state index in [0.717, 1.165) is 31.2 Å². The van der Waals surface area contributed by atoms with Gasteiger partial charge in [-0.25, -0.2) is 4.79 Å². The van der Waals surface area contributed by atoms with Gasteiger partial charge in [0.05, 0.1) is 5.41 Å². The van der Waals surface area contributed by atoms with Gasteiger partial charge in [0, 0.05) is 17.3 Å². The third-order valence-corrected chi connectivity index (χ3v) is 6.15. The van der Waals surface area contributed by atoms with Crippen LogP contribution in [-0.2, 0) is 22.5 Å². The number of amides is 2. The monoisotopic (exact) mass is 428 g/mol. The standard InChI is InChI=1S/C24H29ClN2O3/c1-2-18-10-12-20(13-11-18)27-23(29)30-17-24(14-6-3-7-15-24)22(28)26-16-19-8-4-5-9-21(19)25/h4-5,8-13H,2-3,6-7,14-17H2,1H3,(H,26,28)(H,27,29). The van der Waals surface area contributed by atoms with Gasteiger partial charge in [-0.2, -0.15) is 0 Å². The molecule has 0 aromatic heterocycles. The minimum absolute atomic E-state index is 0.0697. The van der Waals surface area contributed by atoms with Crippen molar-refractivity contribution >= 4 is 29.3 Å². The van der Waals surface area contributed by atoms with E-state index < -0.39 is 11.5 Å². The van der Waals surface area contributed by atoms with E-state index in [4.69, 9.17) is 16.3 Å². The zero-order valence-electron chi connectivity index (χ0n) is 17.4. The average Bonchev–Trinajstić information content (AvgIpc) is 2.78. The predicted molar refractivity (Wildman–Crippen MR) is 120 cm³/mol. The number of hydrogen-bond donors (Lipinski definition) is 2. The molecule has 1 aliphatic rings. The molecular weight excluding hydrogens is 400 g/mol. The van der Waals surface area contributed by atoms with Crippen LogP contribution in [0.4, 0.5) is 10.5 Å². The Labute approximate surface area is 183 Å². The van der Waals surface area contributed by atoms with Crippen LogP contribution in [0, 0.1) is 5.41 Å². The predicted octanol–water partition coefficient (Wildman–Crippen LogP) is 5.72. The summed E-state index contributed by atoms with van der Waals surface area (Å²) in [4.78, 5) is 25.4. The molecule has 0 atom stereocenters. The maximum atomic E-state index is 13.1. The second kappa shape index (κ2) is 10.5. The van der Waals surface area contributed by atoms with E-state index >= 15 is 0 Å². The van der Waals surface area contributed by atoms with Crippen LogP contribution in [0.5, 0.6) is 0 Å². The summed E-state index contributed by atoms with van der Waals surface area (Å²) < 4.78 is 5.51. The van der Waals surface area contributed by atoms with Gasteiger partial charge < -0.3 is 10.1 Å². The third-order valence-electron chi connectivity index (χ3n) is 5.78. The van der Waals surface area contributed by atoms with Crippen molar-refractivity contribution in [3.05, 3.63) is 64.7 Å². The van der Waals surface area contributed by atoms with E-state index in [1.54, 1.807) is 6.07 Å². The molecule has 2 aromatic carbocycles. The fraction of sp³-hybridized carbons (Fsp3) is 0.417. The van der Waals surface area contributed by atoms with Gasteiger partial charge in [0.15, 0.2) is 0 Å². The molecule has 0 heterocycles. The van der Waals surface area contributed by atoms with Crippen LogP contribution in [-0.4, -0.2) is 18.6 Å². The first-order valence-electron chi connectivity index (χ1n) is 10.6. The summed E-state index contributed by atoms with van der Waals surface area (Å²) in [6.07, 6.45) is 4.81. The van der Waals surface area contributed by atoms with Crippen LogP contribution in [0.2, 0.25) is 5.02 Å². The van der Waals surface area contributed by atoms with Crippen molar-refractivity contribution in [3.63, 3.8) is 0 Å². The molecule has 1 aliphatic carbocycles. The lowest BCUT2D eigenvalue weighted by molar-refractivity contribution is -0.135. The molecule has 160 valence electrons. The highest BCUT2D eigenvalue weighted by Gasteiger charge is 2.40. The number of ether oxygens (including phenoxy) is 1. The summed E-state index contributed by atoms with van der Waals surface area (Å²) >= 11 is 6.20. The fourth-order valence-electron chi connectivity index (χ4n) is 3.85. The molecule has 30 heavy (non-hydrogen) atoms. The lowest BCUT2D eigenvalue weighted by Crippen LogP contribution is -2.46. The number of hydrogen-bond acceptors (Lipinski definition) is 3. The number of anilines is 1. The normalized spacial score (nSPS) is 15.3. The van der Waals surface area contributed by atoms with Crippen LogP contribution in [0.25, 0.3) is 0 Å². The van der Waals surface area contributed by atoms with Crippen molar-refractivity contribution in [1.82, 2.24) is 5.32 Å². The molecule has 0 unspecified atom stereocenters. The molecule has 0 aliphatic heterocycles. The molecule has 1 saturated carbocycles. The quantitative estimate of drug-likeness (QED) is 0.592. The number of halogens is 1. The summed E-state index contributed by atoms with van der Waals surface area (Å²) in [6, 6.07) is 15.1. The van der Waals surface area contributed by atoms with Gasteiger partial charge in [-0.05, 0) is 48.6 Å². The Hall–Kier alpha value is -2.53. The van der Waals surface area contributed by atoms with Crippen molar-refractivity contribution in [3.8, 4) is 0 Å². The maximum absolute atomic E-state index is 13.1. The molecule has 2 N–H and O–H groups in total. The molecule has 0 bridgehead atoms. The van der Waals surface area contributed by atoms with Crippen molar-refractivity contribution in [2.45, 2.75) is 52.0 Å². The van der Waals surface area contributed by atoms with Crippen LogP contribution in [0.15, 0.2) is 48.5 Å². The maximum Gasteiger partial charge on any atom is 0.411 e. The third kappa shape index (κ3) is 5.76. The van der Waals surface area contributed by atoms with Gasteiger partial charge in [0.2, 0.25) is 5.91 Å². The minimum Gasteiger partial charge on any atom is -0.448 e. The topological polar surface area (TPSA) is 67.4 Å². The Balaban J connectivity index is 1.59. The zero-order chi connectivity index (χ0) is 21.4. The molecule has 3 rings (SSSR count). The Morgan fingerprint density at radius 1 is 1.03 bits per heavy atom. The van der Waals surface area contributed by atoms with Crippen LogP contribution < -0.4 is 10.6 Å². The lowest BCUT2D eigenvalue weighted by atomic mass is 9.74. The second-order valence-corrected chi connectivity index (χ2v) is 8.27. The molecular formula is C24H29ClN2O3. The minimum atomic E-state index is -0.692. The first-order chi connectivity index (χ1) is 14.5. The van der Waals surface area contributed by atoms with E-state index in [0.29, 0.717) is 30.1 Å². The lowest BCUT2D eigenvalue weighted by Gasteiger charge is -2.35. The van der Waals surface area contributed by atoms with Gasteiger partial charge in [0.1, 0.15) is 6.61 Å². The summed E-state index contributed by atoms with van der Waals surface area (Å²) in [5.41, 5.74) is 2.05. The molecule has 2 amide bonds. The summed E-state index contributed by atoms with van der Waals surface area (Å²) in [5, 5.41) is 6.37. The Morgan fingerprint density at radius 3 is 2.40 bits per heavy atom. The van der Waals surface area contributed by atoms with E-state index in [1.165, 1.54) is 5.56 Å². The van der Waals surface area contributed by atoms with E-state index in [-0.39, 0.29) is 12.5 Å². The molecule has 1 fully saturated rings. The number of carbonyl (C=O) groups is 2. The fourth-order valence-corrected chi connectivity index (χ4v) is 4.05. The highest BCUT2D eigenvalue weighted by atomic mass is 35.5. The summed E-state index contributed by atoms with van der Waals surface area (Å²) in [7, 11) is 0. The SMILES string of the molecule is CCc1ccc(NC(=O)OCC2(C(=O)NCc3ccccc3Cl)CCCCC2)cc1. The van der Waals surface area contributed by atoms with Gasteiger partial charge in [-0.1, -0.05) is 68.1 Å². The molecule has 2 aromatic rings. The number of carbonyl (C=O) groups excluding carboxylic acids is 2. The molecule has 0 radical (unpaired) electrons. The Morgan fingerprint density at radius 2 is 1.73 bits per heavy atom. The average molecular weight is 429 g/mol. The first kappa shape index (κ1) is 22.2. The molecule has 0 saturated heterocycles. The highest BCUT2D eigenvalue weighted by molar-refractivity contribution is 6.31. The van der Waals surface area contributed by atoms with Crippen molar-refractivity contribution in [1.29, 1.82) is 0 Å². The number of rotatable bonds is 7. The zero-order valence-corrected chi connectivity index (χ0v) is 18.1. The van der Waals surface area contributed by atoms with Crippen molar-refractivity contribution in [2.75, 3.05) is 11.9 Å². The number of benzene rings is 2. The molecule has 6 heteroatoms.